The Morgan fingerprint density at radius 3 is 2.64 bits per heavy atom. The number of hydrogen-bond acceptors (Lipinski definition) is 4. The molecule has 1 aliphatic heterocycles. The second-order valence-corrected chi connectivity index (χ2v) is 7.11. The van der Waals surface area contributed by atoms with Crippen LogP contribution in [0.5, 0.6) is 0 Å². The molecule has 0 radical (unpaired) electrons. The first-order valence-electron chi connectivity index (χ1n) is 8.93. The molecule has 3 rings (SSSR count). The monoisotopic (exact) mass is 346 g/mol. The maximum Gasteiger partial charge on any atom is 0.410 e. The van der Waals surface area contributed by atoms with E-state index in [1.165, 1.54) is 17.6 Å². The molecule has 1 saturated carbocycles. The summed E-state index contributed by atoms with van der Waals surface area (Å²) in [6, 6.07) is 9.92. The fourth-order valence-corrected chi connectivity index (χ4v) is 4.25. The maximum absolute atomic E-state index is 11.9. The number of carboxylic acid groups (broad SMARTS) is 1. The topological polar surface area (TPSA) is 78.9 Å². The van der Waals surface area contributed by atoms with Gasteiger partial charge in [0.05, 0.1) is 7.11 Å². The minimum absolute atomic E-state index is 0.337. The third kappa shape index (κ3) is 4.12. The van der Waals surface area contributed by atoms with Crippen LogP contribution in [0.1, 0.15) is 31.2 Å². The highest BCUT2D eigenvalue weighted by atomic mass is 16.5. The van der Waals surface area contributed by atoms with Gasteiger partial charge in [0, 0.05) is 19.1 Å². The van der Waals surface area contributed by atoms with Crippen molar-refractivity contribution in [2.45, 2.75) is 44.3 Å². The number of piperidine rings is 1. The number of hydrogen-bond donors (Lipinski definition) is 2. The Morgan fingerprint density at radius 1 is 1.20 bits per heavy atom. The number of fused-ring (bicyclic) bond motifs is 1. The van der Waals surface area contributed by atoms with E-state index in [9.17, 15) is 14.7 Å². The van der Waals surface area contributed by atoms with Crippen molar-refractivity contribution in [1.82, 2.24) is 10.2 Å². The van der Waals surface area contributed by atoms with Gasteiger partial charge in [-0.25, -0.2) is 9.59 Å². The van der Waals surface area contributed by atoms with Crippen molar-refractivity contribution in [2.24, 2.45) is 11.8 Å². The summed E-state index contributed by atoms with van der Waals surface area (Å²) in [6.45, 7) is 1.32. The zero-order chi connectivity index (χ0) is 17.8. The van der Waals surface area contributed by atoms with Crippen molar-refractivity contribution < 1.29 is 19.4 Å². The Bertz CT molecular complexity index is 607. The van der Waals surface area contributed by atoms with Crippen molar-refractivity contribution in [3.05, 3.63) is 35.9 Å². The lowest BCUT2D eigenvalue weighted by Crippen LogP contribution is -2.55. The number of carbonyl (C=O) groups is 2. The van der Waals surface area contributed by atoms with Crippen LogP contribution in [-0.2, 0) is 16.1 Å². The summed E-state index contributed by atoms with van der Waals surface area (Å²) in [6.07, 6.45) is 3.02. The molecule has 136 valence electrons. The molecule has 0 bridgehead atoms. The Hall–Kier alpha value is -2.08. The van der Waals surface area contributed by atoms with Crippen molar-refractivity contribution >= 4 is 12.1 Å². The largest absolute Gasteiger partial charge is 0.480 e. The number of carbonyl (C=O) groups excluding carboxylic acids is 1. The molecule has 1 aliphatic carbocycles. The number of aliphatic carboxylic acids is 1. The van der Waals surface area contributed by atoms with E-state index >= 15 is 0 Å². The quantitative estimate of drug-likeness (QED) is 0.876. The van der Waals surface area contributed by atoms with Gasteiger partial charge in [0.25, 0.3) is 0 Å². The van der Waals surface area contributed by atoms with Gasteiger partial charge in [-0.2, -0.15) is 0 Å². The number of likely N-dealkylation sites (tertiary alicyclic amines) is 1. The molecule has 25 heavy (non-hydrogen) atoms. The second-order valence-electron chi connectivity index (χ2n) is 7.11. The number of nitrogens with one attached hydrogen (secondary N) is 1. The van der Waals surface area contributed by atoms with Gasteiger partial charge >= 0.3 is 12.1 Å². The normalized spacial score (nSPS) is 28.9. The lowest BCUT2D eigenvalue weighted by Gasteiger charge is -2.45. The minimum atomic E-state index is -0.941. The Balaban J connectivity index is 1.59. The van der Waals surface area contributed by atoms with Crippen LogP contribution in [0.2, 0.25) is 0 Å². The fourth-order valence-electron chi connectivity index (χ4n) is 4.25. The highest BCUT2D eigenvalue weighted by molar-refractivity contribution is 5.80. The van der Waals surface area contributed by atoms with Gasteiger partial charge in [-0.3, -0.25) is 4.90 Å². The highest BCUT2D eigenvalue weighted by Crippen LogP contribution is 2.39. The molecular weight excluding hydrogens is 320 g/mol. The van der Waals surface area contributed by atoms with Gasteiger partial charge in [0.15, 0.2) is 0 Å². The van der Waals surface area contributed by atoms with E-state index in [2.05, 4.69) is 17.4 Å². The molecule has 0 spiro atoms. The number of benzene rings is 1. The van der Waals surface area contributed by atoms with Gasteiger partial charge in [-0.05, 0) is 43.1 Å². The van der Waals surface area contributed by atoms with E-state index in [0.717, 1.165) is 25.8 Å². The van der Waals surface area contributed by atoms with Gasteiger partial charge < -0.3 is 15.2 Å². The van der Waals surface area contributed by atoms with Gasteiger partial charge in [0.1, 0.15) is 6.04 Å². The Labute approximate surface area is 148 Å². The summed E-state index contributed by atoms with van der Waals surface area (Å²) < 4.78 is 4.77. The van der Waals surface area contributed by atoms with Crippen LogP contribution in [0.3, 0.4) is 0 Å². The van der Waals surface area contributed by atoms with E-state index in [0.29, 0.717) is 30.8 Å². The van der Waals surface area contributed by atoms with Crippen molar-refractivity contribution in [3.63, 3.8) is 0 Å². The molecule has 2 aliphatic rings. The molecule has 1 saturated heterocycles. The average Bonchev–Trinajstić information content (AvgIpc) is 2.65. The summed E-state index contributed by atoms with van der Waals surface area (Å²) in [7, 11) is 1.30. The maximum atomic E-state index is 11.9. The summed E-state index contributed by atoms with van der Waals surface area (Å²) in [5.41, 5.74) is 1.26. The molecular formula is C19H26N2O4. The van der Waals surface area contributed by atoms with Crippen LogP contribution >= 0.6 is 0 Å². The van der Waals surface area contributed by atoms with Crippen LogP contribution in [0.4, 0.5) is 4.79 Å². The molecule has 2 fully saturated rings. The standard InChI is InChI=1S/C19H26N2O4/c1-25-19(24)21-12-14-7-8-16(9-15(14)10-17(21)18(22)23)20-11-13-5-3-2-4-6-13/h2-6,14-17,20H,7-12H2,1H3,(H,22,23). The number of nitrogens with zero attached hydrogens (tertiary/aromatic N) is 1. The smallest absolute Gasteiger partial charge is 0.410 e. The predicted molar refractivity (Wildman–Crippen MR) is 93.1 cm³/mol. The van der Waals surface area contributed by atoms with Crippen molar-refractivity contribution in [2.75, 3.05) is 13.7 Å². The van der Waals surface area contributed by atoms with Crippen LogP contribution in [0, 0.1) is 11.8 Å². The molecule has 0 aromatic heterocycles. The third-order valence-electron chi connectivity index (χ3n) is 5.61. The first-order valence-corrected chi connectivity index (χ1v) is 8.93. The molecule has 1 heterocycles. The van der Waals surface area contributed by atoms with E-state index in [4.69, 9.17) is 4.74 Å². The minimum Gasteiger partial charge on any atom is -0.480 e. The molecule has 6 heteroatoms. The second kappa shape index (κ2) is 7.87. The number of methoxy groups -OCH3 is 1. The first-order chi connectivity index (χ1) is 12.1. The molecule has 1 aromatic carbocycles. The Kier molecular flexibility index (Phi) is 5.58. The van der Waals surface area contributed by atoms with Crippen LogP contribution in [0.25, 0.3) is 0 Å². The number of rotatable bonds is 4. The summed E-state index contributed by atoms with van der Waals surface area (Å²) in [5, 5.41) is 13.1. The number of amides is 1. The van der Waals surface area contributed by atoms with E-state index < -0.39 is 18.1 Å². The first kappa shape index (κ1) is 17.7. The molecule has 1 amide bonds. The van der Waals surface area contributed by atoms with Crippen molar-refractivity contribution in [1.29, 1.82) is 0 Å². The summed E-state index contributed by atoms with van der Waals surface area (Å²) in [4.78, 5) is 24.9. The van der Waals surface area contributed by atoms with Crippen molar-refractivity contribution in [3.8, 4) is 0 Å². The zero-order valence-corrected chi connectivity index (χ0v) is 14.6. The SMILES string of the molecule is COC(=O)N1CC2CCC(NCc3ccccc3)CC2CC1C(=O)O. The summed E-state index contributed by atoms with van der Waals surface area (Å²) in [5.74, 6) is -0.239. The van der Waals surface area contributed by atoms with E-state index in [-0.39, 0.29) is 0 Å². The molecule has 4 unspecified atom stereocenters. The van der Waals surface area contributed by atoms with Crippen LogP contribution in [-0.4, -0.2) is 47.8 Å². The third-order valence-corrected chi connectivity index (χ3v) is 5.61. The fraction of sp³-hybridized carbons (Fsp3) is 0.579. The molecule has 6 nitrogen and oxygen atoms in total. The Morgan fingerprint density at radius 2 is 1.96 bits per heavy atom. The molecule has 4 atom stereocenters. The summed E-state index contributed by atoms with van der Waals surface area (Å²) >= 11 is 0. The van der Waals surface area contributed by atoms with Gasteiger partial charge in [0.2, 0.25) is 0 Å². The van der Waals surface area contributed by atoms with Gasteiger partial charge in [-0.1, -0.05) is 30.3 Å². The van der Waals surface area contributed by atoms with Crippen LogP contribution in [0.15, 0.2) is 30.3 Å². The zero-order valence-electron chi connectivity index (χ0n) is 14.6. The highest BCUT2D eigenvalue weighted by Gasteiger charge is 2.44. The lowest BCUT2D eigenvalue weighted by molar-refractivity contribution is -0.146. The van der Waals surface area contributed by atoms with E-state index in [1.807, 2.05) is 18.2 Å². The van der Waals surface area contributed by atoms with Gasteiger partial charge in [-0.15, -0.1) is 0 Å². The lowest BCUT2D eigenvalue weighted by atomic mass is 9.71. The average molecular weight is 346 g/mol. The predicted octanol–water partition coefficient (Wildman–Crippen LogP) is 2.49. The number of ether oxygens (including phenoxy) is 1. The van der Waals surface area contributed by atoms with Crippen LogP contribution < -0.4 is 5.32 Å². The molecule has 1 aromatic rings. The number of carboxylic acids is 1. The van der Waals surface area contributed by atoms with E-state index in [1.54, 1.807) is 0 Å². The molecule has 2 N–H and O–H groups in total.